The molecule has 134 valence electrons. The minimum Gasteiger partial charge on any atom is -0.388 e. The average molecular weight is 338 g/mol. The Morgan fingerprint density at radius 1 is 1.33 bits per heavy atom. The largest absolute Gasteiger partial charge is 0.388 e. The Bertz CT molecular complexity index is 681. The molecule has 1 amide bonds. The first-order chi connectivity index (χ1) is 11.3. The highest BCUT2D eigenvalue weighted by molar-refractivity contribution is 5.76. The quantitative estimate of drug-likeness (QED) is 0.735. The predicted molar refractivity (Wildman–Crippen MR) is 89.9 cm³/mol. The predicted octanol–water partition coefficient (Wildman–Crippen LogP) is -0.768. The lowest BCUT2D eigenvalue weighted by atomic mass is 9.94. The summed E-state index contributed by atoms with van der Waals surface area (Å²) in [4.78, 5) is 40.9. The Morgan fingerprint density at radius 3 is 2.75 bits per heavy atom. The minimum absolute atomic E-state index is 0.0396. The summed E-state index contributed by atoms with van der Waals surface area (Å²) >= 11 is 0. The van der Waals surface area contributed by atoms with Gasteiger partial charge in [-0.25, -0.2) is 4.79 Å². The van der Waals surface area contributed by atoms with Crippen LogP contribution in [0.3, 0.4) is 0 Å². The first kappa shape index (κ1) is 18.4. The molecule has 0 spiro atoms. The van der Waals surface area contributed by atoms with Crippen LogP contribution in [0.15, 0.2) is 21.9 Å². The van der Waals surface area contributed by atoms with Crippen molar-refractivity contribution in [3.63, 3.8) is 0 Å². The number of aromatic amines is 1. The Balaban J connectivity index is 1.91. The van der Waals surface area contributed by atoms with E-state index in [4.69, 9.17) is 0 Å². The number of rotatable bonds is 5. The molecule has 0 unspecified atom stereocenters. The van der Waals surface area contributed by atoms with Crippen molar-refractivity contribution < 1.29 is 9.90 Å². The van der Waals surface area contributed by atoms with Crippen molar-refractivity contribution in [3.05, 3.63) is 33.1 Å². The van der Waals surface area contributed by atoms with Crippen LogP contribution < -0.4 is 11.2 Å². The Labute approximate surface area is 140 Å². The summed E-state index contributed by atoms with van der Waals surface area (Å²) in [6.07, 6.45) is 3.57. The van der Waals surface area contributed by atoms with E-state index in [1.807, 2.05) is 19.0 Å². The zero-order valence-electron chi connectivity index (χ0n) is 14.3. The van der Waals surface area contributed by atoms with Crippen molar-refractivity contribution in [2.75, 3.05) is 33.7 Å². The van der Waals surface area contributed by atoms with Crippen LogP contribution in [-0.4, -0.2) is 69.7 Å². The molecule has 0 aromatic carbocycles. The van der Waals surface area contributed by atoms with Gasteiger partial charge in [0.25, 0.3) is 5.56 Å². The maximum Gasteiger partial charge on any atom is 0.328 e. The molecule has 1 saturated heterocycles. The summed E-state index contributed by atoms with van der Waals surface area (Å²) in [7, 11) is 3.85. The molecule has 2 N–H and O–H groups in total. The van der Waals surface area contributed by atoms with Gasteiger partial charge < -0.3 is 19.5 Å². The number of nitrogens with zero attached hydrogens (tertiary/aromatic N) is 3. The van der Waals surface area contributed by atoms with Gasteiger partial charge >= 0.3 is 5.69 Å². The third kappa shape index (κ3) is 5.04. The number of hydrogen-bond acceptors (Lipinski definition) is 5. The molecule has 0 bridgehead atoms. The molecule has 8 nitrogen and oxygen atoms in total. The third-order valence-electron chi connectivity index (χ3n) is 4.34. The molecule has 24 heavy (non-hydrogen) atoms. The highest BCUT2D eigenvalue weighted by Gasteiger charge is 2.31. The lowest BCUT2D eigenvalue weighted by Gasteiger charge is -2.30. The van der Waals surface area contributed by atoms with E-state index < -0.39 is 16.9 Å². The van der Waals surface area contributed by atoms with Gasteiger partial charge in [0.15, 0.2) is 0 Å². The topological polar surface area (TPSA) is 98.6 Å². The number of carbonyl (C=O) groups is 1. The summed E-state index contributed by atoms with van der Waals surface area (Å²) < 4.78 is 1.32. The van der Waals surface area contributed by atoms with Gasteiger partial charge in [-0.2, -0.15) is 0 Å². The highest BCUT2D eigenvalue weighted by atomic mass is 16.3. The maximum absolute atomic E-state index is 12.4. The molecule has 2 rings (SSSR count). The number of aromatic nitrogens is 2. The second-order valence-electron chi connectivity index (χ2n) is 6.75. The molecule has 0 aliphatic carbocycles. The number of likely N-dealkylation sites (N-methyl/N-ethyl adjacent to an activating group) is 1. The summed E-state index contributed by atoms with van der Waals surface area (Å²) in [6, 6.07) is 1.26. The molecule has 1 aliphatic heterocycles. The van der Waals surface area contributed by atoms with Gasteiger partial charge in [-0.15, -0.1) is 0 Å². The van der Waals surface area contributed by atoms with Gasteiger partial charge in [-0.1, -0.05) is 0 Å². The molecule has 1 atom stereocenters. The van der Waals surface area contributed by atoms with E-state index >= 15 is 0 Å². The summed E-state index contributed by atoms with van der Waals surface area (Å²) in [5.41, 5.74) is -1.71. The first-order valence-electron chi connectivity index (χ1n) is 8.24. The van der Waals surface area contributed by atoms with Crippen LogP contribution in [0.1, 0.15) is 25.7 Å². The first-order valence-corrected chi connectivity index (χ1v) is 8.24. The average Bonchev–Trinajstić information content (AvgIpc) is 2.67. The monoisotopic (exact) mass is 338 g/mol. The van der Waals surface area contributed by atoms with Crippen molar-refractivity contribution in [1.82, 2.24) is 19.4 Å². The molecule has 8 heteroatoms. The summed E-state index contributed by atoms with van der Waals surface area (Å²) in [5.74, 6) is -0.0396. The molecular weight excluding hydrogens is 312 g/mol. The number of nitrogens with one attached hydrogen (secondary N) is 1. The van der Waals surface area contributed by atoms with E-state index in [1.54, 1.807) is 4.90 Å². The fourth-order valence-electron chi connectivity index (χ4n) is 3.17. The molecule has 1 fully saturated rings. The van der Waals surface area contributed by atoms with E-state index in [0.29, 0.717) is 32.5 Å². The number of aliphatic hydroxyl groups is 1. The number of carbonyl (C=O) groups excluding carboxylic acids is 1. The van der Waals surface area contributed by atoms with E-state index in [0.717, 1.165) is 6.42 Å². The van der Waals surface area contributed by atoms with E-state index in [9.17, 15) is 19.5 Å². The number of H-pyrrole nitrogens is 1. The van der Waals surface area contributed by atoms with Crippen LogP contribution >= 0.6 is 0 Å². The number of likely N-dealkylation sites (tertiary alicyclic amines) is 1. The molecule has 1 aliphatic rings. The molecular formula is C16H26N4O4. The van der Waals surface area contributed by atoms with Crippen molar-refractivity contribution >= 4 is 5.91 Å². The molecule has 2 heterocycles. The summed E-state index contributed by atoms with van der Waals surface area (Å²) in [6.45, 7) is 1.95. The Hall–Kier alpha value is -1.93. The van der Waals surface area contributed by atoms with Crippen molar-refractivity contribution in [1.29, 1.82) is 0 Å². The van der Waals surface area contributed by atoms with Crippen LogP contribution in [0.25, 0.3) is 0 Å². The normalized spacial score (nSPS) is 21.8. The smallest absolute Gasteiger partial charge is 0.328 e. The molecule has 1 aromatic heterocycles. The SMILES string of the molecule is CN(C)C[C@@]1(O)CCCN(C(=O)CCn2ccc(=O)[nH]c2=O)CC1. The summed E-state index contributed by atoms with van der Waals surface area (Å²) in [5, 5.41) is 10.6. The van der Waals surface area contributed by atoms with E-state index in [-0.39, 0.29) is 18.9 Å². The van der Waals surface area contributed by atoms with Crippen LogP contribution in [0.4, 0.5) is 0 Å². The van der Waals surface area contributed by atoms with Crippen LogP contribution in [0, 0.1) is 0 Å². The number of aryl methyl sites for hydroxylation is 1. The molecule has 1 aromatic rings. The van der Waals surface area contributed by atoms with Crippen molar-refractivity contribution in [2.45, 2.75) is 37.8 Å². The van der Waals surface area contributed by atoms with Crippen molar-refractivity contribution in [3.8, 4) is 0 Å². The van der Waals surface area contributed by atoms with Gasteiger partial charge in [0.05, 0.1) is 5.60 Å². The van der Waals surface area contributed by atoms with Crippen LogP contribution in [0.5, 0.6) is 0 Å². The fourth-order valence-corrected chi connectivity index (χ4v) is 3.17. The van der Waals surface area contributed by atoms with Crippen LogP contribution in [0.2, 0.25) is 0 Å². The van der Waals surface area contributed by atoms with Gasteiger partial charge in [0.1, 0.15) is 0 Å². The van der Waals surface area contributed by atoms with Gasteiger partial charge in [0, 0.05) is 44.9 Å². The lowest BCUT2D eigenvalue weighted by molar-refractivity contribution is -0.131. The molecule has 0 radical (unpaired) electrons. The maximum atomic E-state index is 12.4. The second-order valence-corrected chi connectivity index (χ2v) is 6.75. The van der Waals surface area contributed by atoms with Gasteiger partial charge in [0.2, 0.25) is 5.91 Å². The Morgan fingerprint density at radius 2 is 2.08 bits per heavy atom. The number of amides is 1. The van der Waals surface area contributed by atoms with E-state index in [1.165, 1.54) is 16.8 Å². The van der Waals surface area contributed by atoms with Crippen LogP contribution in [-0.2, 0) is 11.3 Å². The number of hydrogen-bond donors (Lipinski definition) is 2. The Kier molecular flexibility index (Phi) is 5.95. The zero-order chi connectivity index (χ0) is 17.7. The zero-order valence-corrected chi connectivity index (χ0v) is 14.3. The molecule has 0 saturated carbocycles. The highest BCUT2D eigenvalue weighted by Crippen LogP contribution is 2.23. The lowest BCUT2D eigenvalue weighted by Crippen LogP contribution is -2.41. The second kappa shape index (κ2) is 7.76. The minimum atomic E-state index is -0.756. The van der Waals surface area contributed by atoms with Gasteiger partial charge in [-0.3, -0.25) is 14.6 Å². The van der Waals surface area contributed by atoms with Gasteiger partial charge in [-0.05, 0) is 33.4 Å². The standard InChI is InChI=1S/C16H26N4O4/c1-18(2)12-16(24)6-3-8-19(11-7-16)14(22)5-10-20-9-4-13(21)17-15(20)23/h4,9,24H,3,5-8,10-12H2,1-2H3,(H,17,21,23)/t16-/m1/s1. The third-order valence-corrected chi connectivity index (χ3v) is 4.34. The fraction of sp³-hybridized carbons (Fsp3) is 0.688. The van der Waals surface area contributed by atoms with Crippen molar-refractivity contribution in [2.24, 2.45) is 0 Å². The van der Waals surface area contributed by atoms with E-state index in [2.05, 4.69) is 4.98 Å².